The van der Waals surface area contributed by atoms with Gasteiger partial charge in [0.05, 0.1) is 18.1 Å². The number of carbonyl (C=O) groups excluding carboxylic acids is 1. The van der Waals surface area contributed by atoms with Crippen molar-refractivity contribution in [2.75, 3.05) is 19.8 Å². The van der Waals surface area contributed by atoms with Crippen LogP contribution in [-0.2, 0) is 9.53 Å². The molecule has 0 heterocycles. The van der Waals surface area contributed by atoms with Crippen LogP contribution in [0.3, 0.4) is 0 Å². The lowest BCUT2D eigenvalue weighted by atomic mass is 10.2. The molecule has 1 aromatic carbocycles. The second-order valence-corrected chi connectivity index (χ2v) is 3.83. The van der Waals surface area contributed by atoms with Crippen LogP contribution in [0.15, 0.2) is 24.4 Å². The molecule has 0 spiro atoms. The van der Waals surface area contributed by atoms with Crippen LogP contribution in [0.25, 0.3) is 6.08 Å². The minimum Gasteiger partial charge on any atom is -0.490 e. The van der Waals surface area contributed by atoms with Crippen LogP contribution in [-0.4, -0.2) is 30.7 Å². The maximum Gasteiger partial charge on any atom is 0.344 e. The Hall–Kier alpha value is -2.57. The van der Waals surface area contributed by atoms with Gasteiger partial charge in [-0.25, -0.2) is 4.79 Å². The van der Waals surface area contributed by atoms with E-state index in [1.54, 1.807) is 32.0 Å². The largest absolute Gasteiger partial charge is 0.490 e. The summed E-state index contributed by atoms with van der Waals surface area (Å²) in [6, 6.07) is 4.82. The third-order valence-electron chi connectivity index (χ3n) is 2.31. The van der Waals surface area contributed by atoms with E-state index in [0.717, 1.165) is 6.20 Å². The fraction of sp³-hybridized carbons (Fsp3) is 0.357. The molecule has 0 saturated carbocycles. The number of ether oxygens (including phenoxy) is 3. The van der Waals surface area contributed by atoms with Gasteiger partial charge in [0.15, 0.2) is 18.1 Å². The van der Waals surface area contributed by atoms with Gasteiger partial charge in [-0.15, -0.1) is 0 Å². The molecule has 7 nitrogen and oxygen atoms in total. The van der Waals surface area contributed by atoms with Crippen molar-refractivity contribution >= 4 is 12.0 Å². The number of carbonyl (C=O) groups is 1. The van der Waals surface area contributed by atoms with Crippen LogP contribution in [0.5, 0.6) is 11.5 Å². The average Bonchev–Trinajstić information content (AvgIpc) is 2.44. The summed E-state index contributed by atoms with van der Waals surface area (Å²) in [5, 5.41) is 10.3. The number of hydrogen-bond acceptors (Lipinski definition) is 6. The molecule has 1 aromatic rings. The molecule has 0 aromatic heterocycles. The number of benzene rings is 1. The zero-order valence-electron chi connectivity index (χ0n) is 11.9. The maximum absolute atomic E-state index is 11.3. The molecule has 0 radical (unpaired) electrons. The molecule has 0 aliphatic rings. The molecule has 7 heteroatoms. The van der Waals surface area contributed by atoms with Gasteiger partial charge in [0.1, 0.15) is 0 Å². The van der Waals surface area contributed by atoms with Gasteiger partial charge in [0.25, 0.3) is 0 Å². The molecule has 21 heavy (non-hydrogen) atoms. The molecule has 0 aliphatic carbocycles. The lowest BCUT2D eigenvalue weighted by Gasteiger charge is -2.12. The van der Waals surface area contributed by atoms with E-state index in [-0.39, 0.29) is 13.2 Å². The Labute approximate surface area is 122 Å². The summed E-state index contributed by atoms with van der Waals surface area (Å²) < 4.78 is 15.5. The zero-order chi connectivity index (χ0) is 15.7. The summed E-state index contributed by atoms with van der Waals surface area (Å²) in [6.45, 7) is 3.97. The van der Waals surface area contributed by atoms with E-state index in [1.807, 2.05) is 0 Å². The van der Waals surface area contributed by atoms with Crippen LogP contribution in [0.2, 0.25) is 0 Å². The van der Waals surface area contributed by atoms with E-state index in [4.69, 9.17) is 14.2 Å². The van der Waals surface area contributed by atoms with Crippen molar-refractivity contribution < 1.29 is 23.9 Å². The molecule has 0 atom stereocenters. The SMILES string of the molecule is CCOC(=O)COc1ccc(C=C[N+](=O)[O-])cc1OCC. The Morgan fingerprint density at radius 3 is 2.62 bits per heavy atom. The van der Waals surface area contributed by atoms with Crippen LogP contribution in [0, 0.1) is 10.1 Å². The van der Waals surface area contributed by atoms with Crippen molar-refractivity contribution in [2.45, 2.75) is 13.8 Å². The van der Waals surface area contributed by atoms with Crippen LogP contribution in [0.4, 0.5) is 0 Å². The standard InChI is InChI=1S/C14H17NO6/c1-3-19-13-9-11(7-8-15(17)18)5-6-12(13)21-10-14(16)20-4-2/h5-9H,3-4,10H2,1-2H3. The average molecular weight is 295 g/mol. The second kappa shape index (κ2) is 8.57. The fourth-order valence-corrected chi connectivity index (χ4v) is 1.50. The first-order valence-corrected chi connectivity index (χ1v) is 6.43. The van der Waals surface area contributed by atoms with E-state index in [2.05, 4.69) is 0 Å². The highest BCUT2D eigenvalue weighted by molar-refractivity contribution is 5.71. The summed E-state index contributed by atoms with van der Waals surface area (Å²) in [6.07, 6.45) is 2.18. The highest BCUT2D eigenvalue weighted by atomic mass is 16.6. The quantitative estimate of drug-likeness (QED) is 0.415. The molecule has 0 unspecified atom stereocenters. The Morgan fingerprint density at radius 2 is 2.00 bits per heavy atom. The Morgan fingerprint density at radius 1 is 1.24 bits per heavy atom. The van der Waals surface area contributed by atoms with Crippen molar-refractivity contribution in [2.24, 2.45) is 0 Å². The highest BCUT2D eigenvalue weighted by Gasteiger charge is 2.09. The number of esters is 1. The lowest BCUT2D eigenvalue weighted by molar-refractivity contribution is -0.400. The molecular formula is C14H17NO6. The van der Waals surface area contributed by atoms with Crippen LogP contribution >= 0.6 is 0 Å². The molecule has 0 fully saturated rings. The highest BCUT2D eigenvalue weighted by Crippen LogP contribution is 2.29. The summed E-state index contributed by atoms with van der Waals surface area (Å²) in [4.78, 5) is 21.0. The van der Waals surface area contributed by atoms with Crippen LogP contribution in [0.1, 0.15) is 19.4 Å². The smallest absolute Gasteiger partial charge is 0.344 e. The van der Waals surface area contributed by atoms with E-state index in [9.17, 15) is 14.9 Å². The topological polar surface area (TPSA) is 87.9 Å². The third-order valence-corrected chi connectivity index (χ3v) is 2.31. The number of nitrogens with zero attached hydrogens (tertiary/aromatic N) is 1. The molecule has 0 amide bonds. The van der Waals surface area contributed by atoms with Gasteiger partial charge >= 0.3 is 5.97 Å². The van der Waals surface area contributed by atoms with Gasteiger partial charge < -0.3 is 14.2 Å². The molecular weight excluding hydrogens is 278 g/mol. The number of hydrogen-bond donors (Lipinski definition) is 0. The number of nitro groups is 1. The zero-order valence-corrected chi connectivity index (χ0v) is 11.9. The van der Waals surface area contributed by atoms with Crippen LogP contribution < -0.4 is 9.47 Å². The fourth-order valence-electron chi connectivity index (χ4n) is 1.50. The third kappa shape index (κ3) is 5.94. The molecule has 0 bridgehead atoms. The van der Waals surface area contributed by atoms with Gasteiger partial charge in [-0.1, -0.05) is 6.07 Å². The normalized spacial score (nSPS) is 10.4. The molecule has 0 aliphatic heterocycles. The summed E-state index contributed by atoms with van der Waals surface area (Å²) in [5.41, 5.74) is 0.596. The minimum absolute atomic E-state index is 0.224. The Bertz CT molecular complexity index is 526. The monoisotopic (exact) mass is 295 g/mol. The van der Waals surface area contributed by atoms with Gasteiger partial charge in [-0.2, -0.15) is 0 Å². The van der Waals surface area contributed by atoms with Gasteiger partial charge in [0, 0.05) is 6.08 Å². The predicted octanol–water partition coefficient (Wildman–Crippen LogP) is 2.27. The lowest BCUT2D eigenvalue weighted by Crippen LogP contribution is -2.15. The number of rotatable bonds is 8. The Kier molecular flexibility index (Phi) is 6.73. The predicted molar refractivity (Wildman–Crippen MR) is 75.8 cm³/mol. The van der Waals surface area contributed by atoms with E-state index in [1.165, 1.54) is 6.08 Å². The molecule has 0 saturated heterocycles. The first-order chi connectivity index (χ1) is 10.1. The minimum atomic E-state index is -0.550. The molecule has 114 valence electrons. The van der Waals surface area contributed by atoms with Crippen molar-refractivity contribution in [3.63, 3.8) is 0 Å². The van der Waals surface area contributed by atoms with E-state index < -0.39 is 10.9 Å². The van der Waals surface area contributed by atoms with Gasteiger partial charge in [-0.3, -0.25) is 10.1 Å². The molecule has 0 N–H and O–H groups in total. The van der Waals surface area contributed by atoms with Crippen molar-refractivity contribution in [1.82, 2.24) is 0 Å². The maximum atomic E-state index is 11.3. The second-order valence-electron chi connectivity index (χ2n) is 3.83. The first-order valence-electron chi connectivity index (χ1n) is 6.43. The van der Waals surface area contributed by atoms with Crippen molar-refractivity contribution in [3.05, 3.63) is 40.1 Å². The van der Waals surface area contributed by atoms with E-state index >= 15 is 0 Å². The first kappa shape index (κ1) is 16.5. The van der Waals surface area contributed by atoms with Crippen molar-refractivity contribution in [3.8, 4) is 11.5 Å². The summed E-state index contributed by atoms with van der Waals surface area (Å²) in [5.74, 6) is 0.313. The van der Waals surface area contributed by atoms with E-state index in [0.29, 0.717) is 23.7 Å². The molecule has 1 rings (SSSR count). The Balaban J connectivity index is 2.83. The van der Waals surface area contributed by atoms with Gasteiger partial charge in [-0.05, 0) is 31.5 Å². The summed E-state index contributed by atoms with van der Waals surface area (Å²) >= 11 is 0. The van der Waals surface area contributed by atoms with Crippen molar-refractivity contribution in [1.29, 1.82) is 0 Å². The summed E-state index contributed by atoms with van der Waals surface area (Å²) in [7, 11) is 0. The van der Waals surface area contributed by atoms with Gasteiger partial charge in [0.2, 0.25) is 6.20 Å².